The van der Waals surface area contributed by atoms with E-state index in [4.69, 9.17) is 18.9 Å². The number of anilines is 1. The van der Waals surface area contributed by atoms with Crippen molar-refractivity contribution in [3.05, 3.63) is 48.0 Å². The SMILES string of the molecule is COc1cc(C=CC(=O)Nc2ccc3c(c2)OCO3)ccc1OCCC(C)C. The van der Waals surface area contributed by atoms with Crippen LogP contribution in [0.15, 0.2) is 42.5 Å². The van der Waals surface area contributed by atoms with Crippen LogP contribution in [0.25, 0.3) is 6.08 Å². The van der Waals surface area contributed by atoms with Crippen LogP contribution in [0.3, 0.4) is 0 Å². The van der Waals surface area contributed by atoms with Crippen molar-refractivity contribution in [2.24, 2.45) is 5.92 Å². The lowest BCUT2D eigenvalue weighted by Gasteiger charge is -2.12. The number of fused-ring (bicyclic) bond motifs is 1. The highest BCUT2D eigenvalue weighted by molar-refractivity contribution is 6.02. The van der Waals surface area contributed by atoms with Gasteiger partial charge < -0.3 is 24.3 Å². The summed E-state index contributed by atoms with van der Waals surface area (Å²) in [6.07, 6.45) is 4.17. The topological polar surface area (TPSA) is 66.0 Å². The van der Waals surface area contributed by atoms with Crippen molar-refractivity contribution in [1.82, 2.24) is 0 Å². The molecule has 1 aliphatic heterocycles. The third-order valence-electron chi connectivity index (χ3n) is 4.21. The fourth-order valence-corrected chi connectivity index (χ4v) is 2.64. The second-order valence-corrected chi connectivity index (χ2v) is 6.83. The van der Waals surface area contributed by atoms with Crippen molar-refractivity contribution < 1.29 is 23.7 Å². The maximum absolute atomic E-state index is 12.2. The number of methoxy groups -OCH3 is 1. The molecule has 0 spiro atoms. The molecule has 2 aromatic carbocycles. The predicted octanol–water partition coefficient (Wildman–Crippen LogP) is 4.50. The second-order valence-electron chi connectivity index (χ2n) is 6.83. The van der Waals surface area contributed by atoms with Crippen molar-refractivity contribution >= 4 is 17.7 Å². The lowest BCUT2D eigenvalue weighted by Crippen LogP contribution is -2.07. The van der Waals surface area contributed by atoms with Gasteiger partial charge in [0.2, 0.25) is 12.7 Å². The summed E-state index contributed by atoms with van der Waals surface area (Å²) in [5, 5.41) is 2.80. The zero-order valence-corrected chi connectivity index (χ0v) is 16.4. The van der Waals surface area contributed by atoms with E-state index in [1.54, 1.807) is 31.4 Å². The Kier molecular flexibility index (Phi) is 6.42. The third kappa shape index (κ3) is 5.19. The first-order chi connectivity index (χ1) is 13.5. The molecule has 6 nitrogen and oxygen atoms in total. The smallest absolute Gasteiger partial charge is 0.248 e. The van der Waals surface area contributed by atoms with Crippen molar-refractivity contribution in [3.63, 3.8) is 0 Å². The molecule has 0 radical (unpaired) electrons. The van der Waals surface area contributed by atoms with E-state index in [9.17, 15) is 4.79 Å². The molecule has 1 heterocycles. The van der Waals surface area contributed by atoms with Crippen molar-refractivity contribution in [2.45, 2.75) is 20.3 Å². The number of carbonyl (C=O) groups is 1. The van der Waals surface area contributed by atoms with Gasteiger partial charge in [-0.2, -0.15) is 0 Å². The van der Waals surface area contributed by atoms with E-state index in [2.05, 4.69) is 19.2 Å². The summed E-state index contributed by atoms with van der Waals surface area (Å²) in [5.41, 5.74) is 1.49. The number of carbonyl (C=O) groups excluding carboxylic acids is 1. The van der Waals surface area contributed by atoms with Gasteiger partial charge in [0.05, 0.1) is 13.7 Å². The van der Waals surface area contributed by atoms with Gasteiger partial charge >= 0.3 is 0 Å². The van der Waals surface area contributed by atoms with Crippen LogP contribution < -0.4 is 24.3 Å². The number of hydrogen-bond donors (Lipinski definition) is 1. The lowest BCUT2D eigenvalue weighted by molar-refractivity contribution is -0.111. The van der Waals surface area contributed by atoms with Crippen LogP contribution in [0, 0.1) is 5.92 Å². The normalized spacial score (nSPS) is 12.4. The fraction of sp³-hybridized carbons (Fsp3) is 0.318. The standard InChI is InChI=1S/C22H25NO5/c1-15(2)10-11-26-18-7-4-16(12-20(18)25-3)5-9-22(24)23-17-6-8-19-21(13-17)28-14-27-19/h4-9,12-13,15H,10-11,14H2,1-3H3,(H,23,24). The Balaban J connectivity index is 1.60. The summed E-state index contributed by atoms with van der Waals surface area (Å²) in [4.78, 5) is 12.2. The molecule has 0 saturated heterocycles. The molecule has 0 aliphatic carbocycles. The van der Waals surface area contributed by atoms with Gasteiger partial charge in [0, 0.05) is 17.8 Å². The average Bonchev–Trinajstić information content (AvgIpc) is 3.14. The van der Waals surface area contributed by atoms with Crippen LogP contribution in [0.2, 0.25) is 0 Å². The molecule has 2 aromatic rings. The van der Waals surface area contributed by atoms with E-state index in [-0.39, 0.29) is 12.7 Å². The molecule has 1 amide bonds. The van der Waals surface area contributed by atoms with E-state index in [0.717, 1.165) is 12.0 Å². The molecule has 0 bridgehead atoms. The number of hydrogen-bond acceptors (Lipinski definition) is 5. The summed E-state index contributed by atoms with van der Waals surface area (Å²) in [7, 11) is 1.60. The Morgan fingerprint density at radius 2 is 1.96 bits per heavy atom. The molecule has 6 heteroatoms. The molecule has 3 rings (SSSR count). The minimum Gasteiger partial charge on any atom is -0.493 e. The minimum absolute atomic E-state index is 0.200. The van der Waals surface area contributed by atoms with Crippen molar-refractivity contribution in [3.8, 4) is 23.0 Å². The number of amides is 1. The Labute approximate surface area is 165 Å². The number of ether oxygens (including phenoxy) is 4. The van der Waals surface area contributed by atoms with Crippen LogP contribution in [0.1, 0.15) is 25.8 Å². The predicted molar refractivity (Wildman–Crippen MR) is 108 cm³/mol. The van der Waals surface area contributed by atoms with E-state index in [1.165, 1.54) is 6.08 Å². The van der Waals surface area contributed by atoms with E-state index in [1.807, 2.05) is 18.2 Å². The first-order valence-electron chi connectivity index (χ1n) is 9.24. The third-order valence-corrected chi connectivity index (χ3v) is 4.21. The Hall–Kier alpha value is -3.15. The monoisotopic (exact) mass is 383 g/mol. The summed E-state index contributed by atoms with van der Waals surface area (Å²) in [6.45, 7) is 5.15. The quantitative estimate of drug-likeness (QED) is 0.680. The second kappa shape index (κ2) is 9.17. The van der Waals surface area contributed by atoms with Gasteiger partial charge in [-0.05, 0) is 48.2 Å². The van der Waals surface area contributed by atoms with Crippen LogP contribution in [0.5, 0.6) is 23.0 Å². The summed E-state index contributed by atoms with van der Waals surface area (Å²) >= 11 is 0. The zero-order valence-electron chi connectivity index (χ0n) is 16.4. The molecule has 0 aromatic heterocycles. The van der Waals surface area contributed by atoms with Gasteiger partial charge in [-0.15, -0.1) is 0 Å². The first kappa shape index (κ1) is 19.6. The molecule has 148 valence electrons. The maximum atomic E-state index is 12.2. The van der Waals surface area contributed by atoms with E-state index in [0.29, 0.717) is 41.2 Å². The number of nitrogens with one attached hydrogen (secondary N) is 1. The molecule has 1 N–H and O–H groups in total. The highest BCUT2D eigenvalue weighted by Gasteiger charge is 2.13. The highest BCUT2D eigenvalue weighted by Crippen LogP contribution is 2.34. The molecule has 0 fully saturated rings. The van der Waals surface area contributed by atoms with E-state index >= 15 is 0 Å². The summed E-state index contributed by atoms with van der Waals surface area (Å²) in [5.74, 6) is 2.98. The van der Waals surface area contributed by atoms with Gasteiger partial charge in [0.25, 0.3) is 0 Å². The number of rotatable bonds is 8. The summed E-state index contributed by atoms with van der Waals surface area (Å²) < 4.78 is 21.8. The van der Waals surface area contributed by atoms with Gasteiger partial charge in [-0.25, -0.2) is 0 Å². The first-order valence-corrected chi connectivity index (χ1v) is 9.24. The van der Waals surface area contributed by atoms with Crippen LogP contribution in [-0.2, 0) is 4.79 Å². The maximum Gasteiger partial charge on any atom is 0.248 e. The fourth-order valence-electron chi connectivity index (χ4n) is 2.64. The van der Waals surface area contributed by atoms with Crippen LogP contribution in [-0.4, -0.2) is 26.4 Å². The van der Waals surface area contributed by atoms with Gasteiger partial charge in [0.1, 0.15) is 0 Å². The van der Waals surface area contributed by atoms with Crippen molar-refractivity contribution in [2.75, 3.05) is 25.8 Å². The number of benzene rings is 2. The largest absolute Gasteiger partial charge is 0.493 e. The lowest BCUT2D eigenvalue weighted by atomic mass is 10.1. The Morgan fingerprint density at radius 3 is 2.75 bits per heavy atom. The molecule has 1 aliphatic rings. The minimum atomic E-state index is -0.241. The average molecular weight is 383 g/mol. The molecular formula is C22H25NO5. The van der Waals surface area contributed by atoms with Gasteiger partial charge in [0.15, 0.2) is 23.0 Å². The van der Waals surface area contributed by atoms with Crippen LogP contribution >= 0.6 is 0 Å². The molecule has 28 heavy (non-hydrogen) atoms. The highest BCUT2D eigenvalue weighted by atomic mass is 16.7. The van der Waals surface area contributed by atoms with Gasteiger partial charge in [-0.3, -0.25) is 4.79 Å². The Morgan fingerprint density at radius 1 is 1.14 bits per heavy atom. The molecular weight excluding hydrogens is 358 g/mol. The van der Waals surface area contributed by atoms with Crippen LogP contribution in [0.4, 0.5) is 5.69 Å². The molecule has 0 atom stereocenters. The van der Waals surface area contributed by atoms with Crippen molar-refractivity contribution in [1.29, 1.82) is 0 Å². The van der Waals surface area contributed by atoms with Gasteiger partial charge in [-0.1, -0.05) is 19.9 Å². The zero-order chi connectivity index (χ0) is 19.9. The van der Waals surface area contributed by atoms with E-state index < -0.39 is 0 Å². The Bertz CT molecular complexity index is 860. The molecule has 0 saturated carbocycles. The summed E-state index contributed by atoms with van der Waals surface area (Å²) in [6, 6.07) is 10.9. The molecule has 0 unspecified atom stereocenters.